The van der Waals surface area contributed by atoms with Gasteiger partial charge in [0.1, 0.15) is 6.17 Å². The molecule has 0 amide bonds. The van der Waals surface area contributed by atoms with Crippen LogP contribution in [0.5, 0.6) is 0 Å². The van der Waals surface area contributed by atoms with Crippen molar-refractivity contribution in [1.29, 1.82) is 0 Å². The summed E-state index contributed by atoms with van der Waals surface area (Å²) in [6.45, 7) is 4.72. The van der Waals surface area contributed by atoms with Crippen LogP contribution in [-0.2, 0) is 5.41 Å². The van der Waals surface area contributed by atoms with Gasteiger partial charge in [-0.2, -0.15) is 0 Å². The third-order valence-corrected chi connectivity index (χ3v) is 14.6. The van der Waals surface area contributed by atoms with Gasteiger partial charge in [0.05, 0.1) is 16.6 Å². The van der Waals surface area contributed by atoms with Crippen LogP contribution in [0.1, 0.15) is 105 Å². The predicted octanol–water partition coefficient (Wildman–Crippen LogP) is 13.3. The van der Waals surface area contributed by atoms with Gasteiger partial charge in [-0.1, -0.05) is 128 Å². The van der Waals surface area contributed by atoms with E-state index in [1.54, 1.807) is 11.1 Å². The van der Waals surface area contributed by atoms with Crippen LogP contribution in [0, 0.1) is 11.8 Å². The fraction of sp³-hybridized carbons (Fsp3) is 0.259. The molecule has 274 valence electrons. The molecule has 3 unspecified atom stereocenters. The molecule has 1 aromatic heterocycles. The van der Waals surface area contributed by atoms with E-state index < -0.39 is 0 Å². The van der Waals surface area contributed by atoms with Gasteiger partial charge in [-0.15, -0.1) is 0 Å². The lowest BCUT2D eigenvalue weighted by Gasteiger charge is -2.39. The summed E-state index contributed by atoms with van der Waals surface area (Å²) < 4.78 is 2.57. The Kier molecular flexibility index (Phi) is 7.11. The molecule has 7 aliphatic carbocycles. The quantitative estimate of drug-likeness (QED) is 0.223. The molecule has 0 bridgehead atoms. The molecule has 56 heavy (non-hydrogen) atoms. The van der Waals surface area contributed by atoms with E-state index >= 15 is 0 Å². The van der Waals surface area contributed by atoms with E-state index in [1.165, 1.54) is 95.5 Å². The van der Waals surface area contributed by atoms with Gasteiger partial charge in [-0.3, -0.25) is 0 Å². The molecule has 4 aromatic rings. The highest BCUT2D eigenvalue weighted by Gasteiger charge is 2.57. The Morgan fingerprint density at radius 3 is 2.45 bits per heavy atom. The lowest BCUT2D eigenvalue weighted by atomic mass is 9.62. The van der Waals surface area contributed by atoms with E-state index in [2.05, 4.69) is 157 Å². The zero-order valence-electron chi connectivity index (χ0n) is 32.5. The lowest BCUT2D eigenvalue weighted by molar-refractivity contribution is 0.444. The van der Waals surface area contributed by atoms with Crippen LogP contribution in [0.4, 0.5) is 0 Å². The van der Waals surface area contributed by atoms with E-state index in [1.807, 2.05) is 0 Å². The van der Waals surface area contributed by atoms with E-state index in [9.17, 15) is 0 Å². The van der Waals surface area contributed by atoms with Crippen molar-refractivity contribution in [3.05, 3.63) is 201 Å². The SMILES string of the molecule is CC1=CC=C(C2=CC=C3c4ccc(C5=CC=C(C6NC7=C(C=CCC7)c7cc8ccccc8n76)[C@H](C)C5)cc4C4(C5=C(CCC=C5)c5ccccc54)C3C2)CC1. The number of rotatable bonds is 3. The second-order valence-corrected chi connectivity index (χ2v) is 17.5. The third-order valence-electron chi connectivity index (χ3n) is 14.6. The van der Waals surface area contributed by atoms with Gasteiger partial charge < -0.3 is 9.88 Å². The summed E-state index contributed by atoms with van der Waals surface area (Å²) in [6, 6.07) is 28.3. The maximum Gasteiger partial charge on any atom is 0.126 e. The van der Waals surface area contributed by atoms with Gasteiger partial charge in [0.2, 0.25) is 0 Å². The minimum Gasteiger partial charge on any atom is -0.364 e. The molecule has 2 heterocycles. The highest BCUT2D eigenvalue weighted by molar-refractivity contribution is 5.95. The van der Waals surface area contributed by atoms with Crippen LogP contribution in [0.2, 0.25) is 0 Å². The highest BCUT2D eigenvalue weighted by atomic mass is 15.2. The van der Waals surface area contributed by atoms with Crippen LogP contribution >= 0.6 is 0 Å². The first-order chi connectivity index (χ1) is 27.6. The number of allylic oxidation sites excluding steroid dienone is 19. The maximum atomic E-state index is 4.07. The Hall–Kier alpha value is -5.60. The standard InChI is InChI=1S/C54H48N2/c1-33-19-21-35(22-20-33)37-24-27-43-44-28-25-38(31-49(44)54(48(43)30-37)46-15-7-4-12-41(46)42-13-5-8-16-47(42)54)36-23-26-40(34(2)29-36)53-55-50-17-9-6-14-45(50)52-32-39-11-3-10-18-51(39)56(52)53/h3-4,6-8,10-12,14-16,18-19,21,23-28,31-32,34,48,53,55H,5,9,13,17,20,22,29-30H2,1-2H3/t34-,48?,53?,54?/m1/s1. The Bertz CT molecular complexity index is 2750. The van der Waals surface area contributed by atoms with Crippen LogP contribution in [0.25, 0.3) is 33.2 Å². The van der Waals surface area contributed by atoms with Gasteiger partial charge in [-0.25, -0.2) is 0 Å². The summed E-state index contributed by atoms with van der Waals surface area (Å²) in [5, 5.41) is 5.38. The highest BCUT2D eigenvalue weighted by Crippen LogP contribution is 2.67. The molecule has 3 aromatic carbocycles. The topological polar surface area (TPSA) is 17.0 Å². The van der Waals surface area contributed by atoms with Crippen molar-refractivity contribution in [3.8, 4) is 0 Å². The van der Waals surface area contributed by atoms with Crippen molar-refractivity contribution in [2.75, 3.05) is 0 Å². The number of hydrogen-bond acceptors (Lipinski definition) is 1. The van der Waals surface area contributed by atoms with Crippen LogP contribution in [-0.4, -0.2) is 4.57 Å². The van der Waals surface area contributed by atoms with Crippen molar-refractivity contribution in [3.63, 3.8) is 0 Å². The molecule has 2 heteroatoms. The molecular weight excluding hydrogens is 677 g/mol. The van der Waals surface area contributed by atoms with Crippen LogP contribution in [0.15, 0.2) is 167 Å². The van der Waals surface area contributed by atoms with Crippen molar-refractivity contribution < 1.29 is 0 Å². The van der Waals surface area contributed by atoms with Crippen molar-refractivity contribution in [2.45, 2.75) is 76.8 Å². The number of aromatic nitrogens is 1. The van der Waals surface area contributed by atoms with Crippen LogP contribution in [0.3, 0.4) is 0 Å². The lowest BCUT2D eigenvalue weighted by Crippen LogP contribution is -2.36. The smallest absolute Gasteiger partial charge is 0.126 e. The zero-order chi connectivity index (χ0) is 37.1. The van der Waals surface area contributed by atoms with Gasteiger partial charge in [0.15, 0.2) is 0 Å². The Labute approximate surface area is 331 Å². The predicted molar refractivity (Wildman–Crippen MR) is 233 cm³/mol. The fourth-order valence-corrected chi connectivity index (χ4v) is 12.0. The molecule has 0 saturated carbocycles. The van der Waals surface area contributed by atoms with Gasteiger partial charge in [-0.05, 0) is 149 Å². The average molecular weight is 725 g/mol. The Balaban J connectivity index is 0.988. The second-order valence-electron chi connectivity index (χ2n) is 17.5. The first-order valence-corrected chi connectivity index (χ1v) is 21.2. The molecular formula is C54H48N2. The molecule has 12 rings (SSSR count). The molecule has 1 spiro atoms. The van der Waals surface area contributed by atoms with Crippen LogP contribution < -0.4 is 5.32 Å². The molecule has 8 aliphatic rings. The van der Waals surface area contributed by atoms with E-state index in [0.29, 0.717) is 11.8 Å². The molecule has 1 N–H and O–H groups in total. The first-order valence-electron chi connectivity index (χ1n) is 21.2. The van der Waals surface area contributed by atoms with Crippen molar-refractivity contribution >= 4 is 33.2 Å². The number of nitrogens with zero attached hydrogens (tertiary/aromatic N) is 1. The normalized spacial score (nSPS) is 26.9. The third kappa shape index (κ3) is 4.50. The monoisotopic (exact) mass is 724 g/mol. The van der Waals surface area contributed by atoms with Gasteiger partial charge in [0.25, 0.3) is 0 Å². The summed E-state index contributed by atoms with van der Waals surface area (Å²) in [5.74, 6) is 0.769. The largest absolute Gasteiger partial charge is 0.364 e. The number of benzene rings is 3. The average Bonchev–Trinajstić information content (AvgIpc) is 3.88. The fourth-order valence-electron chi connectivity index (χ4n) is 12.0. The zero-order valence-corrected chi connectivity index (χ0v) is 32.5. The number of fused-ring (bicyclic) bond motifs is 13. The first kappa shape index (κ1) is 32.6. The van der Waals surface area contributed by atoms with Crippen molar-refractivity contribution in [1.82, 2.24) is 9.88 Å². The summed E-state index contributed by atoms with van der Waals surface area (Å²) in [4.78, 5) is 0. The summed E-state index contributed by atoms with van der Waals surface area (Å²) >= 11 is 0. The Morgan fingerprint density at radius 2 is 1.54 bits per heavy atom. The molecule has 0 radical (unpaired) electrons. The second kappa shape index (κ2) is 12.2. The molecule has 0 fully saturated rings. The summed E-state index contributed by atoms with van der Waals surface area (Å²) in [5.41, 5.74) is 24.7. The van der Waals surface area contributed by atoms with E-state index in [0.717, 1.165) is 44.9 Å². The Morgan fingerprint density at radius 1 is 0.696 bits per heavy atom. The van der Waals surface area contributed by atoms with E-state index in [-0.39, 0.29) is 11.6 Å². The van der Waals surface area contributed by atoms with Gasteiger partial charge >= 0.3 is 0 Å². The van der Waals surface area contributed by atoms with Crippen molar-refractivity contribution in [2.24, 2.45) is 11.8 Å². The molecule has 4 atom stereocenters. The summed E-state index contributed by atoms with van der Waals surface area (Å²) in [6.07, 6.45) is 33.3. The van der Waals surface area contributed by atoms with E-state index in [4.69, 9.17) is 0 Å². The molecule has 1 aliphatic heterocycles. The number of hydrogen-bond donors (Lipinski definition) is 1. The molecule has 2 nitrogen and oxygen atoms in total. The summed E-state index contributed by atoms with van der Waals surface area (Å²) in [7, 11) is 0. The molecule has 0 saturated heterocycles. The number of para-hydroxylation sites is 1. The minimum absolute atomic E-state index is 0.111. The maximum absolute atomic E-state index is 4.07. The van der Waals surface area contributed by atoms with Gasteiger partial charge in [0, 0.05) is 22.6 Å². The minimum atomic E-state index is -0.180. The number of nitrogens with one attached hydrogen (secondary N) is 1.